The Morgan fingerprint density at radius 2 is 2.20 bits per heavy atom. The highest BCUT2D eigenvalue weighted by atomic mass is 32.2. The maximum Gasteiger partial charge on any atom is 0.305 e. The zero-order valence-electron chi connectivity index (χ0n) is 11.0. The summed E-state index contributed by atoms with van der Waals surface area (Å²) in [5.74, 6) is -0.662. The summed E-state index contributed by atoms with van der Waals surface area (Å²) in [4.78, 5) is 11.6. The lowest BCUT2D eigenvalue weighted by atomic mass is 10.1. The second-order valence-corrected chi connectivity index (χ2v) is 7.21. The second-order valence-electron chi connectivity index (χ2n) is 4.98. The van der Waals surface area contributed by atoms with Crippen LogP contribution < -0.4 is 0 Å². The highest BCUT2D eigenvalue weighted by molar-refractivity contribution is 7.91. The molecule has 1 atom stereocenters. The fraction of sp³-hybridized carbons (Fsp3) is 0.500. The number of hydrogen-bond acceptors (Lipinski definition) is 5. The van der Waals surface area contributed by atoms with Crippen molar-refractivity contribution in [2.75, 3.05) is 18.6 Å². The van der Waals surface area contributed by atoms with Crippen molar-refractivity contribution < 1.29 is 17.7 Å². The summed E-state index contributed by atoms with van der Waals surface area (Å²) in [6.45, 7) is 0.147. The molecule has 1 aromatic rings. The predicted molar refractivity (Wildman–Crippen MR) is 71.6 cm³/mol. The monoisotopic (exact) mass is 302 g/mol. The van der Waals surface area contributed by atoms with E-state index in [2.05, 4.69) is 0 Å². The normalized spacial score (nSPS) is 21.2. The van der Waals surface area contributed by atoms with Gasteiger partial charge in [-0.25, -0.2) is 8.42 Å². The number of benzene rings is 1. The van der Waals surface area contributed by atoms with Crippen molar-refractivity contribution in [1.82, 2.24) is 4.90 Å². The average molecular weight is 302 g/mol. The van der Waals surface area contributed by atoms with Crippen molar-refractivity contribution in [2.24, 2.45) is 0 Å². The van der Waals surface area contributed by atoms with Crippen molar-refractivity contribution in [1.29, 1.82) is 0 Å². The van der Waals surface area contributed by atoms with E-state index in [1.165, 1.54) is 12.1 Å². The number of hydrogen-bond donors (Lipinski definition) is 0. The number of nitrogens with zero attached hydrogens (tertiary/aromatic N) is 2. The lowest BCUT2D eigenvalue weighted by molar-refractivity contribution is -0.387. The van der Waals surface area contributed by atoms with Crippen LogP contribution in [0.2, 0.25) is 0 Å². The molecule has 1 aliphatic heterocycles. The van der Waals surface area contributed by atoms with Crippen LogP contribution in [0.4, 0.5) is 10.1 Å². The zero-order valence-corrected chi connectivity index (χ0v) is 11.8. The number of nitro groups is 1. The van der Waals surface area contributed by atoms with E-state index in [0.29, 0.717) is 6.42 Å². The predicted octanol–water partition coefficient (Wildman–Crippen LogP) is 1.35. The molecule has 110 valence electrons. The van der Waals surface area contributed by atoms with E-state index >= 15 is 0 Å². The Bertz CT molecular complexity index is 632. The third-order valence-corrected chi connectivity index (χ3v) is 5.26. The van der Waals surface area contributed by atoms with Crippen LogP contribution >= 0.6 is 0 Å². The summed E-state index contributed by atoms with van der Waals surface area (Å²) in [7, 11) is -1.31. The molecular weight excluding hydrogens is 287 g/mol. The van der Waals surface area contributed by atoms with Gasteiger partial charge in [-0.3, -0.25) is 15.0 Å². The van der Waals surface area contributed by atoms with Gasteiger partial charge in [-0.15, -0.1) is 0 Å². The van der Waals surface area contributed by atoms with Crippen LogP contribution in [0, 0.1) is 15.9 Å². The largest absolute Gasteiger partial charge is 0.305 e. The molecule has 0 bridgehead atoms. The fourth-order valence-corrected chi connectivity index (χ4v) is 4.16. The minimum absolute atomic E-state index is 0.0556. The van der Waals surface area contributed by atoms with Gasteiger partial charge in [0.1, 0.15) is 0 Å². The summed E-state index contributed by atoms with van der Waals surface area (Å²) < 4.78 is 36.8. The lowest BCUT2D eigenvalue weighted by Crippen LogP contribution is -2.32. The first kappa shape index (κ1) is 14.9. The highest BCUT2D eigenvalue weighted by Crippen LogP contribution is 2.23. The van der Waals surface area contributed by atoms with E-state index in [0.717, 1.165) is 6.07 Å². The molecule has 0 aromatic heterocycles. The molecule has 8 heteroatoms. The first-order valence-electron chi connectivity index (χ1n) is 6.12. The molecule has 1 aliphatic rings. The van der Waals surface area contributed by atoms with Crippen LogP contribution in [0.15, 0.2) is 18.2 Å². The molecule has 1 fully saturated rings. The summed E-state index contributed by atoms with van der Waals surface area (Å²) in [5.41, 5.74) is -0.360. The summed E-state index contributed by atoms with van der Waals surface area (Å²) in [5, 5.41) is 10.7. The van der Waals surface area contributed by atoms with Crippen molar-refractivity contribution in [2.45, 2.75) is 19.0 Å². The number of nitro benzene ring substituents is 1. The Kier molecular flexibility index (Phi) is 4.05. The number of rotatable bonds is 4. The fourth-order valence-electron chi connectivity index (χ4n) is 2.35. The van der Waals surface area contributed by atoms with Crippen LogP contribution in [0.1, 0.15) is 12.0 Å². The van der Waals surface area contributed by atoms with Crippen molar-refractivity contribution in [3.8, 4) is 0 Å². The van der Waals surface area contributed by atoms with E-state index in [4.69, 9.17) is 0 Å². The molecular formula is C12H15FN2O4S. The summed E-state index contributed by atoms with van der Waals surface area (Å²) in [6.07, 6.45) is 0.509. The maximum absolute atomic E-state index is 13.9. The van der Waals surface area contributed by atoms with E-state index in [1.807, 2.05) is 0 Å². The van der Waals surface area contributed by atoms with Gasteiger partial charge in [0.2, 0.25) is 5.82 Å². The molecule has 1 saturated heterocycles. The SMILES string of the molecule is CN(Cc1cccc([N+](=O)[O-])c1F)C1CCS(=O)(=O)C1. The van der Waals surface area contributed by atoms with E-state index in [1.54, 1.807) is 11.9 Å². The Morgan fingerprint density at radius 3 is 2.75 bits per heavy atom. The van der Waals surface area contributed by atoms with Gasteiger partial charge in [-0.2, -0.15) is 4.39 Å². The second kappa shape index (κ2) is 5.45. The quantitative estimate of drug-likeness (QED) is 0.619. The lowest BCUT2D eigenvalue weighted by Gasteiger charge is -2.23. The highest BCUT2D eigenvalue weighted by Gasteiger charge is 2.31. The molecule has 1 aromatic carbocycles. The van der Waals surface area contributed by atoms with Gasteiger partial charge in [0.25, 0.3) is 0 Å². The number of sulfone groups is 1. The molecule has 2 rings (SSSR count). The molecule has 1 heterocycles. The van der Waals surface area contributed by atoms with E-state index < -0.39 is 26.3 Å². The minimum Gasteiger partial charge on any atom is -0.298 e. The molecule has 6 nitrogen and oxygen atoms in total. The van der Waals surface area contributed by atoms with Crippen molar-refractivity contribution >= 4 is 15.5 Å². The summed E-state index contributed by atoms with van der Waals surface area (Å²) >= 11 is 0. The molecule has 0 spiro atoms. The third-order valence-electron chi connectivity index (χ3n) is 3.51. The Morgan fingerprint density at radius 1 is 1.50 bits per heavy atom. The van der Waals surface area contributed by atoms with Gasteiger partial charge in [0.05, 0.1) is 16.4 Å². The van der Waals surface area contributed by atoms with E-state index in [-0.39, 0.29) is 29.7 Å². The van der Waals surface area contributed by atoms with Gasteiger partial charge in [0.15, 0.2) is 9.84 Å². The smallest absolute Gasteiger partial charge is 0.298 e. The first-order valence-corrected chi connectivity index (χ1v) is 7.95. The average Bonchev–Trinajstić information content (AvgIpc) is 2.72. The maximum atomic E-state index is 13.9. The molecule has 0 amide bonds. The van der Waals surface area contributed by atoms with Gasteiger partial charge in [-0.05, 0) is 13.5 Å². The van der Waals surface area contributed by atoms with Crippen LogP contribution in [-0.4, -0.2) is 42.8 Å². The Hall–Kier alpha value is -1.54. The Balaban J connectivity index is 2.14. The summed E-state index contributed by atoms with van der Waals surface area (Å²) in [6, 6.07) is 3.84. The van der Waals surface area contributed by atoms with Crippen LogP contribution in [0.5, 0.6) is 0 Å². The van der Waals surface area contributed by atoms with Crippen LogP contribution in [0.3, 0.4) is 0 Å². The topological polar surface area (TPSA) is 80.5 Å². The van der Waals surface area contributed by atoms with Crippen LogP contribution in [0.25, 0.3) is 0 Å². The Labute approximate surface area is 116 Å². The van der Waals surface area contributed by atoms with Gasteiger partial charge < -0.3 is 0 Å². The van der Waals surface area contributed by atoms with Gasteiger partial charge >= 0.3 is 5.69 Å². The van der Waals surface area contributed by atoms with E-state index in [9.17, 15) is 22.9 Å². The zero-order chi connectivity index (χ0) is 14.9. The van der Waals surface area contributed by atoms with Gasteiger partial charge in [-0.1, -0.05) is 12.1 Å². The molecule has 1 unspecified atom stereocenters. The molecule has 0 aliphatic carbocycles. The third kappa shape index (κ3) is 3.13. The molecule has 0 radical (unpaired) electrons. The van der Waals surface area contributed by atoms with Crippen molar-refractivity contribution in [3.05, 3.63) is 39.7 Å². The standard InChI is InChI=1S/C12H15FN2O4S/c1-14(10-5-6-20(18,19)8-10)7-9-3-2-4-11(12(9)13)15(16)17/h2-4,10H,5-8H2,1H3. The molecule has 20 heavy (non-hydrogen) atoms. The minimum atomic E-state index is -3.01. The number of halogens is 1. The van der Waals surface area contributed by atoms with Gasteiger partial charge in [0, 0.05) is 24.2 Å². The molecule has 0 N–H and O–H groups in total. The first-order chi connectivity index (χ1) is 9.30. The molecule has 0 saturated carbocycles. The van der Waals surface area contributed by atoms with Crippen molar-refractivity contribution in [3.63, 3.8) is 0 Å². The van der Waals surface area contributed by atoms with Crippen LogP contribution in [-0.2, 0) is 16.4 Å².